The van der Waals surface area contributed by atoms with Gasteiger partial charge in [0, 0.05) is 12.2 Å². The normalized spacial score (nSPS) is 18.2. The van der Waals surface area contributed by atoms with Crippen molar-refractivity contribution in [3.63, 3.8) is 0 Å². The molecule has 6 heteroatoms. The molecule has 3 rings (SSSR count). The lowest BCUT2D eigenvalue weighted by Gasteiger charge is -2.22. The summed E-state index contributed by atoms with van der Waals surface area (Å²) in [5, 5.41) is 6.68. The van der Waals surface area contributed by atoms with Crippen molar-refractivity contribution in [3.8, 4) is 0 Å². The van der Waals surface area contributed by atoms with E-state index < -0.39 is 0 Å². The average Bonchev–Trinajstić information content (AvgIpc) is 3.08. The largest absolute Gasteiger partial charge is 0.337 e. The van der Waals surface area contributed by atoms with Gasteiger partial charge in [0.05, 0.1) is 0 Å². The van der Waals surface area contributed by atoms with Gasteiger partial charge in [0.25, 0.3) is 0 Å². The number of carbonyl (C=O) groups is 1. The highest BCUT2D eigenvalue weighted by atomic mass is 16.5. The standard InChI is InChI=1S/C14H16N4O2/c1-10-15-13(20-17-10)12-8-5-9-18(12)14(19)16-11-6-3-2-4-7-11/h2-4,6-7,12H,5,8-9H2,1H3,(H,16,19)/t12-/m1/s1. The lowest BCUT2D eigenvalue weighted by molar-refractivity contribution is 0.193. The number of aromatic nitrogens is 2. The first-order valence-corrected chi connectivity index (χ1v) is 6.67. The van der Waals surface area contributed by atoms with E-state index in [-0.39, 0.29) is 12.1 Å². The number of likely N-dealkylation sites (tertiary alicyclic amines) is 1. The monoisotopic (exact) mass is 272 g/mol. The number of nitrogens with zero attached hydrogens (tertiary/aromatic N) is 3. The first-order chi connectivity index (χ1) is 9.74. The van der Waals surface area contributed by atoms with Crippen LogP contribution in [-0.2, 0) is 0 Å². The molecule has 0 radical (unpaired) electrons. The lowest BCUT2D eigenvalue weighted by Crippen LogP contribution is -2.34. The summed E-state index contributed by atoms with van der Waals surface area (Å²) in [4.78, 5) is 18.3. The quantitative estimate of drug-likeness (QED) is 0.912. The van der Waals surface area contributed by atoms with Crippen LogP contribution in [0.15, 0.2) is 34.9 Å². The summed E-state index contributed by atoms with van der Waals surface area (Å²) < 4.78 is 5.20. The van der Waals surface area contributed by atoms with Crippen molar-refractivity contribution >= 4 is 11.7 Å². The van der Waals surface area contributed by atoms with E-state index in [0.717, 1.165) is 18.5 Å². The molecule has 20 heavy (non-hydrogen) atoms. The second-order valence-electron chi connectivity index (χ2n) is 4.83. The van der Waals surface area contributed by atoms with Crippen LogP contribution in [0.5, 0.6) is 0 Å². The van der Waals surface area contributed by atoms with Gasteiger partial charge < -0.3 is 14.7 Å². The first-order valence-electron chi connectivity index (χ1n) is 6.67. The minimum atomic E-state index is -0.130. The maximum absolute atomic E-state index is 12.3. The van der Waals surface area contributed by atoms with Gasteiger partial charge in [-0.25, -0.2) is 4.79 Å². The van der Waals surface area contributed by atoms with Crippen molar-refractivity contribution in [1.82, 2.24) is 15.0 Å². The molecule has 1 aliphatic rings. The van der Waals surface area contributed by atoms with Gasteiger partial charge >= 0.3 is 6.03 Å². The number of hydrogen-bond donors (Lipinski definition) is 1. The summed E-state index contributed by atoms with van der Waals surface area (Å²) in [5.41, 5.74) is 0.782. The van der Waals surface area contributed by atoms with Crippen LogP contribution in [0, 0.1) is 6.92 Å². The number of carbonyl (C=O) groups excluding carboxylic acids is 1. The van der Waals surface area contributed by atoms with Gasteiger partial charge in [-0.1, -0.05) is 23.4 Å². The van der Waals surface area contributed by atoms with Crippen LogP contribution in [-0.4, -0.2) is 27.6 Å². The van der Waals surface area contributed by atoms with Crippen molar-refractivity contribution in [3.05, 3.63) is 42.0 Å². The number of para-hydroxylation sites is 1. The van der Waals surface area contributed by atoms with E-state index in [2.05, 4.69) is 15.5 Å². The zero-order chi connectivity index (χ0) is 13.9. The van der Waals surface area contributed by atoms with Gasteiger partial charge in [0.1, 0.15) is 6.04 Å². The van der Waals surface area contributed by atoms with Gasteiger partial charge in [-0.2, -0.15) is 4.98 Å². The SMILES string of the molecule is Cc1noc([C@H]2CCCN2C(=O)Nc2ccccc2)n1. The molecule has 0 spiro atoms. The predicted octanol–water partition coefficient (Wildman–Crippen LogP) is 2.75. The van der Waals surface area contributed by atoms with E-state index in [1.54, 1.807) is 11.8 Å². The molecule has 1 N–H and O–H groups in total. The molecule has 1 aliphatic heterocycles. The summed E-state index contributed by atoms with van der Waals surface area (Å²) in [5.74, 6) is 1.11. The highest BCUT2D eigenvalue weighted by Gasteiger charge is 2.33. The van der Waals surface area contributed by atoms with E-state index in [0.29, 0.717) is 18.3 Å². The molecule has 2 aromatic rings. The summed E-state index contributed by atoms with van der Waals surface area (Å²) in [7, 11) is 0. The van der Waals surface area contributed by atoms with E-state index in [4.69, 9.17) is 4.52 Å². The topological polar surface area (TPSA) is 71.3 Å². The summed E-state index contributed by atoms with van der Waals surface area (Å²) >= 11 is 0. The molecule has 1 fully saturated rings. The molecular weight excluding hydrogens is 256 g/mol. The summed E-state index contributed by atoms with van der Waals surface area (Å²) in [6.45, 7) is 2.47. The fourth-order valence-corrected chi connectivity index (χ4v) is 2.43. The molecule has 6 nitrogen and oxygen atoms in total. The Hall–Kier alpha value is -2.37. The average molecular weight is 272 g/mol. The lowest BCUT2D eigenvalue weighted by atomic mass is 10.2. The number of aryl methyl sites for hydroxylation is 1. The van der Waals surface area contributed by atoms with Crippen LogP contribution in [0.3, 0.4) is 0 Å². The Balaban J connectivity index is 1.73. The van der Waals surface area contributed by atoms with Crippen molar-refractivity contribution in [2.75, 3.05) is 11.9 Å². The van der Waals surface area contributed by atoms with E-state index in [9.17, 15) is 4.79 Å². The molecule has 0 bridgehead atoms. The third kappa shape index (κ3) is 2.49. The number of urea groups is 1. The fourth-order valence-electron chi connectivity index (χ4n) is 2.43. The second kappa shape index (κ2) is 5.32. The van der Waals surface area contributed by atoms with Crippen LogP contribution >= 0.6 is 0 Å². The zero-order valence-corrected chi connectivity index (χ0v) is 11.2. The van der Waals surface area contributed by atoms with Crippen LogP contribution in [0.4, 0.5) is 10.5 Å². The molecule has 1 saturated heterocycles. The smallest absolute Gasteiger partial charge is 0.322 e. The highest BCUT2D eigenvalue weighted by Crippen LogP contribution is 2.31. The van der Waals surface area contributed by atoms with Crippen molar-refractivity contribution in [2.24, 2.45) is 0 Å². The molecule has 1 aromatic heterocycles. The van der Waals surface area contributed by atoms with Gasteiger partial charge in [0.2, 0.25) is 5.89 Å². The number of nitrogens with one attached hydrogen (secondary N) is 1. The number of amides is 2. The van der Waals surface area contributed by atoms with Gasteiger partial charge in [-0.3, -0.25) is 0 Å². The van der Waals surface area contributed by atoms with Gasteiger partial charge in [-0.05, 0) is 31.9 Å². The Morgan fingerprint density at radius 3 is 2.90 bits per heavy atom. The van der Waals surface area contributed by atoms with E-state index in [1.807, 2.05) is 30.3 Å². The number of rotatable bonds is 2. The van der Waals surface area contributed by atoms with Gasteiger partial charge in [0.15, 0.2) is 5.82 Å². The number of anilines is 1. The van der Waals surface area contributed by atoms with Crippen molar-refractivity contribution in [2.45, 2.75) is 25.8 Å². The molecular formula is C14H16N4O2. The number of benzene rings is 1. The molecule has 0 unspecified atom stereocenters. The van der Waals surface area contributed by atoms with Crippen LogP contribution < -0.4 is 5.32 Å². The van der Waals surface area contributed by atoms with Crippen molar-refractivity contribution in [1.29, 1.82) is 0 Å². The molecule has 2 amide bonds. The number of hydrogen-bond acceptors (Lipinski definition) is 4. The fraction of sp³-hybridized carbons (Fsp3) is 0.357. The Bertz CT molecular complexity index is 596. The molecule has 1 aromatic carbocycles. The van der Waals surface area contributed by atoms with Crippen LogP contribution in [0.25, 0.3) is 0 Å². The van der Waals surface area contributed by atoms with E-state index >= 15 is 0 Å². The Kier molecular flexibility index (Phi) is 3.37. The Labute approximate surface area is 116 Å². The van der Waals surface area contributed by atoms with Crippen LogP contribution in [0.1, 0.15) is 30.6 Å². The first kappa shape index (κ1) is 12.7. The zero-order valence-electron chi connectivity index (χ0n) is 11.2. The predicted molar refractivity (Wildman–Crippen MR) is 73.2 cm³/mol. The van der Waals surface area contributed by atoms with Crippen molar-refractivity contribution < 1.29 is 9.32 Å². The van der Waals surface area contributed by atoms with E-state index in [1.165, 1.54) is 0 Å². The second-order valence-corrected chi connectivity index (χ2v) is 4.83. The maximum atomic E-state index is 12.3. The third-order valence-electron chi connectivity index (χ3n) is 3.37. The molecule has 1 atom stereocenters. The molecule has 0 aliphatic carbocycles. The minimum absolute atomic E-state index is 0.125. The molecule has 104 valence electrons. The Morgan fingerprint density at radius 2 is 2.20 bits per heavy atom. The summed E-state index contributed by atoms with van der Waals surface area (Å²) in [6, 6.07) is 9.15. The Morgan fingerprint density at radius 1 is 1.40 bits per heavy atom. The van der Waals surface area contributed by atoms with Crippen LogP contribution in [0.2, 0.25) is 0 Å². The third-order valence-corrected chi connectivity index (χ3v) is 3.37. The minimum Gasteiger partial charge on any atom is -0.337 e. The highest BCUT2D eigenvalue weighted by molar-refractivity contribution is 5.89. The maximum Gasteiger partial charge on any atom is 0.322 e. The molecule has 0 saturated carbocycles. The van der Waals surface area contributed by atoms with Gasteiger partial charge in [-0.15, -0.1) is 0 Å². The molecule has 2 heterocycles. The summed E-state index contributed by atoms with van der Waals surface area (Å²) in [6.07, 6.45) is 1.79.